The van der Waals surface area contributed by atoms with Gasteiger partial charge in [-0.1, -0.05) is 30.3 Å². The molecule has 2 aromatic carbocycles. The number of ether oxygens (including phenoxy) is 1. The SMILES string of the molecule is CN(C)C1(c2ccccc2)CCC2(CC1)CN(c1ccc3nc(N4CCOCC4)ncc3c1)C(=O)N2. The second-order valence-corrected chi connectivity index (χ2v) is 10.6. The molecule has 1 aliphatic carbocycles. The Bertz CT molecular complexity index is 1250. The first-order chi connectivity index (χ1) is 17.5. The Morgan fingerprint density at radius 2 is 1.75 bits per heavy atom. The van der Waals surface area contributed by atoms with Crippen LogP contribution < -0.4 is 15.1 Å². The van der Waals surface area contributed by atoms with Crippen LogP contribution in [0.4, 0.5) is 16.4 Å². The number of carbonyl (C=O) groups excluding carboxylic acids is 1. The van der Waals surface area contributed by atoms with Crippen molar-refractivity contribution in [1.29, 1.82) is 0 Å². The highest BCUT2D eigenvalue weighted by atomic mass is 16.5. The molecule has 0 radical (unpaired) electrons. The molecule has 1 spiro atoms. The minimum atomic E-state index is -0.197. The van der Waals surface area contributed by atoms with Crippen LogP contribution in [0.25, 0.3) is 10.9 Å². The van der Waals surface area contributed by atoms with Gasteiger partial charge >= 0.3 is 6.03 Å². The lowest BCUT2D eigenvalue weighted by Crippen LogP contribution is -2.54. The van der Waals surface area contributed by atoms with Crippen molar-refractivity contribution in [3.8, 4) is 0 Å². The highest BCUT2D eigenvalue weighted by Crippen LogP contribution is 2.46. The van der Waals surface area contributed by atoms with Gasteiger partial charge < -0.3 is 15.0 Å². The summed E-state index contributed by atoms with van der Waals surface area (Å²) in [4.78, 5) is 28.9. The topological polar surface area (TPSA) is 73.8 Å². The fraction of sp³-hybridized carbons (Fsp3) is 0.464. The number of fused-ring (bicyclic) bond motifs is 1. The molecular weight excluding hydrogens is 452 g/mol. The zero-order chi connectivity index (χ0) is 24.8. The molecule has 3 heterocycles. The summed E-state index contributed by atoms with van der Waals surface area (Å²) in [5.41, 5.74) is 2.95. The molecule has 0 bridgehead atoms. The lowest BCUT2D eigenvalue weighted by atomic mass is 9.69. The van der Waals surface area contributed by atoms with Crippen LogP contribution >= 0.6 is 0 Å². The zero-order valence-corrected chi connectivity index (χ0v) is 21.1. The van der Waals surface area contributed by atoms with Gasteiger partial charge in [-0.05, 0) is 63.5 Å². The monoisotopic (exact) mass is 486 g/mol. The van der Waals surface area contributed by atoms with Crippen molar-refractivity contribution in [2.24, 2.45) is 0 Å². The van der Waals surface area contributed by atoms with E-state index in [9.17, 15) is 4.79 Å². The van der Waals surface area contributed by atoms with E-state index < -0.39 is 0 Å². The number of nitrogens with zero attached hydrogens (tertiary/aromatic N) is 5. The average Bonchev–Trinajstić information content (AvgIpc) is 3.25. The third kappa shape index (κ3) is 3.98. The molecule has 1 N–H and O–H groups in total. The van der Waals surface area contributed by atoms with Crippen LogP contribution in [0.2, 0.25) is 0 Å². The molecule has 6 rings (SSSR count). The van der Waals surface area contributed by atoms with E-state index in [-0.39, 0.29) is 17.1 Å². The summed E-state index contributed by atoms with van der Waals surface area (Å²) in [7, 11) is 4.35. The fourth-order valence-corrected chi connectivity index (χ4v) is 6.18. The summed E-state index contributed by atoms with van der Waals surface area (Å²) in [5.74, 6) is 0.737. The smallest absolute Gasteiger partial charge is 0.322 e. The molecule has 36 heavy (non-hydrogen) atoms. The van der Waals surface area contributed by atoms with Gasteiger partial charge in [0.15, 0.2) is 0 Å². The standard InChI is InChI=1S/C28H34N6O2/c1-32(2)28(22-6-4-3-5-7-22)12-10-27(11-13-28)20-34(26(35)31-27)23-8-9-24-21(18-23)19-29-25(30-24)33-14-16-36-17-15-33/h3-9,18-19H,10-17,20H2,1-2H3,(H,31,35). The van der Waals surface area contributed by atoms with Crippen LogP contribution in [0, 0.1) is 0 Å². The minimum Gasteiger partial charge on any atom is -0.378 e. The quantitative estimate of drug-likeness (QED) is 0.605. The third-order valence-corrected chi connectivity index (χ3v) is 8.44. The number of aromatic nitrogens is 2. The molecule has 1 saturated carbocycles. The summed E-state index contributed by atoms with van der Waals surface area (Å²) < 4.78 is 5.44. The molecule has 0 unspecified atom stereocenters. The van der Waals surface area contributed by atoms with Crippen molar-refractivity contribution in [2.75, 3.05) is 56.7 Å². The lowest BCUT2D eigenvalue weighted by Gasteiger charge is -2.48. The van der Waals surface area contributed by atoms with E-state index in [0.717, 1.165) is 61.3 Å². The molecule has 8 heteroatoms. The van der Waals surface area contributed by atoms with Crippen molar-refractivity contribution in [3.05, 3.63) is 60.3 Å². The number of amides is 2. The maximum Gasteiger partial charge on any atom is 0.322 e. The van der Waals surface area contributed by atoms with Gasteiger partial charge in [0.05, 0.1) is 30.8 Å². The Balaban J connectivity index is 1.20. The number of nitrogens with one attached hydrogen (secondary N) is 1. The first kappa shape index (κ1) is 23.2. The van der Waals surface area contributed by atoms with Crippen LogP contribution in [0.3, 0.4) is 0 Å². The molecule has 188 valence electrons. The molecule has 3 aliphatic rings. The maximum atomic E-state index is 13.2. The number of urea groups is 1. The second kappa shape index (κ2) is 9.01. The number of benzene rings is 2. The number of anilines is 2. The molecule has 3 aromatic rings. The Labute approximate surface area is 212 Å². The number of carbonyl (C=O) groups is 1. The van der Waals surface area contributed by atoms with Gasteiger partial charge in [0.2, 0.25) is 5.95 Å². The predicted octanol–water partition coefficient (Wildman–Crippen LogP) is 3.77. The Morgan fingerprint density at radius 1 is 1.00 bits per heavy atom. The van der Waals surface area contributed by atoms with Crippen molar-refractivity contribution < 1.29 is 9.53 Å². The van der Waals surface area contributed by atoms with Crippen LogP contribution in [-0.2, 0) is 10.3 Å². The van der Waals surface area contributed by atoms with Gasteiger partial charge in [-0.3, -0.25) is 9.80 Å². The molecule has 2 aliphatic heterocycles. The van der Waals surface area contributed by atoms with Crippen molar-refractivity contribution in [2.45, 2.75) is 36.8 Å². The molecule has 2 saturated heterocycles. The summed E-state index contributed by atoms with van der Waals surface area (Å²) in [6.07, 6.45) is 5.78. The summed E-state index contributed by atoms with van der Waals surface area (Å²) in [6, 6.07) is 16.8. The van der Waals surface area contributed by atoms with Gasteiger partial charge in [0, 0.05) is 35.9 Å². The summed E-state index contributed by atoms with van der Waals surface area (Å²) in [6.45, 7) is 3.70. The highest BCUT2D eigenvalue weighted by molar-refractivity contribution is 5.97. The Morgan fingerprint density at radius 3 is 2.47 bits per heavy atom. The number of hydrogen-bond acceptors (Lipinski definition) is 6. The fourth-order valence-electron chi connectivity index (χ4n) is 6.18. The van der Waals surface area contributed by atoms with Crippen molar-refractivity contribution >= 4 is 28.6 Å². The van der Waals surface area contributed by atoms with E-state index in [1.807, 2.05) is 29.3 Å². The van der Waals surface area contributed by atoms with E-state index in [4.69, 9.17) is 9.72 Å². The van der Waals surface area contributed by atoms with Crippen LogP contribution in [-0.4, -0.2) is 73.4 Å². The Hall–Kier alpha value is -3.23. The molecule has 2 amide bonds. The molecule has 0 atom stereocenters. The molecule has 3 fully saturated rings. The first-order valence-electron chi connectivity index (χ1n) is 12.9. The second-order valence-electron chi connectivity index (χ2n) is 10.6. The average molecular weight is 487 g/mol. The van der Waals surface area contributed by atoms with E-state index in [2.05, 4.69) is 64.5 Å². The zero-order valence-electron chi connectivity index (χ0n) is 21.1. The van der Waals surface area contributed by atoms with Gasteiger partial charge in [0.25, 0.3) is 0 Å². The van der Waals surface area contributed by atoms with E-state index in [1.165, 1.54) is 5.56 Å². The van der Waals surface area contributed by atoms with Gasteiger partial charge in [-0.15, -0.1) is 0 Å². The Kier molecular flexibility index (Phi) is 5.80. The highest BCUT2D eigenvalue weighted by Gasteiger charge is 2.50. The van der Waals surface area contributed by atoms with Crippen LogP contribution in [0.5, 0.6) is 0 Å². The normalized spacial score (nSPS) is 26.7. The van der Waals surface area contributed by atoms with Crippen molar-refractivity contribution in [1.82, 2.24) is 20.2 Å². The minimum absolute atomic E-state index is 0.00311. The molecule has 8 nitrogen and oxygen atoms in total. The lowest BCUT2D eigenvalue weighted by molar-refractivity contribution is 0.0658. The summed E-state index contributed by atoms with van der Waals surface area (Å²) >= 11 is 0. The number of hydrogen-bond donors (Lipinski definition) is 1. The van der Waals surface area contributed by atoms with Crippen molar-refractivity contribution in [3.63, 3.8) is 0 Å². The van der Waals surface area contributed by atoms with Gasteiger partial charge in [-0.2, -0.15) is 0 Å². The number of morpholine rings is 1. The third-order valence-electron chi connectivity index (χ3n) is 8.44. The summed E-state index contributed by atoms with van der Waals surface area (Å²) in [5, 5.41) is 4.31. The van der Waals surface area contributed by atoms with Crippen LogP contribution in [0.15, 0.2) is 54.7 Å². The number of rotatable bonds is 4. The van der Waals surface area contributed by atoms with Gasteiger partial charge in [-0.25, -0.2) is 14.8 Å². The predicted molar refractivity (Wildman–Crippen MR) is 141 cm³/mol. The first-order valence-corrected chi connectivity index (χ1v) is 12.9. The maximum absolute atomic E-state index is 13.2. The van der Waals surface area contributed by atoms with Gasteiger partial charge in [0.1, 0.15) is 0 Å². The largest absolute Gasteiger partial charge is 0.378 e. The van der Waals surface area contributed by atoms with E-state index in [0.29, 0.717) is 19.8 Å². The molecular formula is C28H34N6O2. The van der Waals surface area contributed by atoms with E-state index >= 15 is 0 Å². The molecule has 1 aromatic heterocycles. The van der Waals surface area contributed by atoms with Crippen LogP contribution in [0.1, 0.15) is 31.2 Å². The van der Waals surface area contributed by atoms with E-state index in [1.54, 1.807) is 0 Å².